The third-order valence-corrected chi connectivity index (χ3v) is 4.79. The van der Waals surface area contributed by atoms with Gasteiger partial charge in [-0.2, -0.15) is 0 Å². The maximum Gasteiger partial charge on any atom is 0.335 e. The minimum absolute atomic E-state index is 0.0855. The number of rotatable bonds is 4. The van der Waals surface area contributed by atoms with Gasteiger partial charge in [0.2, 0.25) is 0 Å². The van der Waals surface area contributed by atoms with Gasteiger partial charge in [-0.3, -0.25) is 4.79 Å². The quantitative estimate of drug-likeness (QED) is 0.735. The van der Waals surface area contributed by atoms with Gasteiger partial charge in [0.05, 0.1) is 5.56 Å². The van der Waals surface area contributed by atoms with Crippen molar-refractivity contribution < 1.29 is 23.9 Å². The van der Waals surface area contributed by atoms with Gasteiger partial charge in [0, 0.05) is 30.4 Å². The molecule has 3 rings (SSSR count). The highest BCUT2D eigenvalue weighted by molar-refractivity contribution is 5.98. The normalized spacial score (nSPS) is 14.3. The molecule has 3 N–H and O–H groups in total. The molecule has 0 radical (unpaired) electrons. The molecular formula is C21H22FN3O4. The first-order valence-corrected chi connectivity index (χ1v) is 9.29. The summed E-state index contributed by atoms with van der Waals surface area (Å²) in [7, 11) is 0. The van der Waals surface area contributed by atoms with Crippen LogP contribution in [0.3, 0.4) is 0 Å². The van der Waals surface area contributed by atoms with Crippen molar-refractivity contribution >= 4 is 23.6 Å². The van der Waals surface area contributed by atoms with Crippen LogP contribution in [0.25, 0.3) is 0 Å². The molecular weight excluding hydrogens is 377 g/mol. The van der Waals surface area contributed by atoms with E-state index in [1.54, 1.807) is 17.9 Å². The number of carbonyl (C=O) groups is 3. The summed E-state index contributed by atoms with van der Waals surface area (Å²) < 4.78 is 12.9. The molecule has 1 saturated heterocycles. The lowest BCUT2D eigenvalue weighted by Gasteiger charge is -2.32. The lowest BCUT2D eigenvalue weighted by atomic mass is 10.0. The molecule has 152 valence electrons. The van der Waals surface area contributed by atoms with E-state index >= 15 is 0 Å². The molecule has 1 aliphatic heterocycles. The summed E-state index contributed by atoms with van der Waals surface area (Å²) in [5, 5.41) is 14.7. The van der Waals surface area contributed by atoms with Gasteiger partial charge in [0.25, 0.3) is 5.91 Å². The first kappa shape index (κ1) is 20.3. The van der Waals surface area contributed by atoms with E-state index in [0.717, 1.165) is 0 Å². The van der Waals surface area contributed by atoms with Crippen molar-refractivity contribution in [3.05, 3.63) is 65.0 Å². The lowest BCUT2D eigenvalue weighted by molar-refractivity contribution is 0.0696. The van der Waals surface area contributed by atoms with Crippen LogP contribution in [0.1, 0.15) is 39.1 Å². The maximum atomic E-state index is 12.9. The molecule has 0 spiro atoms. The maximum absolute atomic E-state index is 12.9. The number of halogens is 1. The van der Waals surface area contributed by atoms with Crippen LogP contribution >= 0.6 is 0 Å². The van der Waals surface area contributed by atoms with E-state index in [-0.39, 0.29) is 29.4 Å². The SMILES string of the molecule is Cc1cc(C(=O)O)cc(C(=O)N2CCC(NC(=O)Nc3ccc(F)cc3)CC2)c1. The van der Waals surface area contributed by atoms with Crippen molar-refractivity contribution in [2.45, 2.75) is 25.8 Å². The van der Waals surface area contributed by atoms with Crippen molar-refractivity contribution in [3.63, 3.8) is 0 Å². The number of piperidine rings is 1. The number of hydrogen-bond donors (Lipinski definition) is 3. The largest absolute Gasteiger partial charge is 0.478 e. The molecule has 1 heterocycles. The van der Waals surface area contributed by atoms with Crippen LogP contribution in [-0.4, -0.2) is 47.0 Å². The summed E-state index contributed by atoms with van der Waals surface area (Å²) in [5.41, 5.74) is 1.64. The van der Waals surface area contributed by atoms with E-state index in [0.29, 0.717) is 42.7 Å². The molecule has 0 aliphatic carbocycles. The highest BCUT2D eigenvalue weighted by atomic mass is 19.1. The van der Waals surface area contributed by atoms with Gasteiger partial charge in [0.15, 0.2) is 0 Å². The Labute approximate surface area is 167 Å². The third-order valence-electron chi connectivity index (χ3n) is 4.79. The lowest BCUT2D eigenvalue weighted by Crippen LogP contribution is -2.47. The van der Waals surface area contributed by atoms with Crippen LogP contribution in [0.4, 0.5) is 14.9 Å². The molecule has 0 aromatic heterocycles. The zero-order valence-electron chi connectivity index (χ0n) is 15.9. The highest BCUT2D eigenvalue weighted by Crippen LogP contribution is 2.17. The minimum Gasteiger partial charge on any atom is -0.478 e. The van der Waals surface area contributed by atoms with Crippen molar-refractivity contribution in [2.24, 2.45) is 0 Å². The average molecular weight is 399 g/mol. The van der Waals surface area contributed by atoms with E-state index in [1.165, 1.54) is 36.4 Å². The van der Waals surface area contributed by atoms with Gasteiger partial charge in [0.1, 0.15) is 5.82 Å². The number of carboxylic acids is 1. The van der Waals surface area contributed by atoms with E-state index in [9.17, 15) is 23.9 Å². The number of benzene rings is 2. The van der Waals surface area contributed by atoms with Crippen LogP contribution in [-0.2, 0) is 0 Å². The van der Waals surface area contributed by atoms with Gasteiger partial charge in [-0.15, -0.1) is 0 Å². The molecule has 0 bridgehead atoms. The molecule has 0 saturated carbocycles. The molecule has 1 aliphatic rings. The Balaban J connectivity index is 1.53. The summed E-state index contributed by atoms with van der Waals surface area (Å²) in [6.07, 6.45) is 1.17. The molecule has 2 aromatic rings. The standard InChI is InChI=1S/C21H22FN3O4/c1-13-10-14(12-15(11-13)20(27)28)19(26)25-8-6-18(7-9-25)24-21(29)23-17-4-2-16(22)3-5-17/h2-5,10-12,18H,6-9H2,1H3,(H,27,28)(H2,23,24,29). The highest BCUT2D eigenvalue weighted by Gasteiger charge is 2.25. The molecule has 2 aromatic carbocycles. The summed E-state index contributed by atoms with van der Waals surface area (Å²) in [4.78, 5) is 37.7. The number of anilines is 1. The molecule has 3 amide bonds. The second-order valence-electron chi connectivity index (χ2n) is 7.06. The number of likely N-dealkylation sites (tertiary alicyclic amines) is 1. The van der Waals surface area contributed by atoms with Crippen molar-refractivity contribution in [1.82, 2.24) is 10.2 Å². The van der Waals surface area contributed by atoms with Crippen LogP contribution in [0.15, 0.2) is 42.5 Å². The Morgan fingerprint density at radius 3 is 2.28 bits per heavy atom. The molecule has 7 nitrogen and oxygen atoms in total. The monoisotopic (exact) mass is 399 g/mol. The second-order valence-corrected chi connectivity index (χ2v) is 7.06. The first-order valence-electron chi connectivity index (χ1n) is 9.29. The Morgan fingerprint density at radius 1 is 1.03 bits per heavy atom. The number of nitrogens with one attached hydrogen (secondary N) is 2. The van der Waals surface area contributed by atoms with E-state index in [4.69, 9.17) is 0 Å². The predicted molar refractivity (Wildman–Crippen MR) is 106 cm³/mol. The van der Waals surface area contributed by atoms with E-state index in [1.807, 2.05) is 0 Å². The smallest absolute Gasteiger partial charge is 0.335 e. The molecule has 0 atom stereocenters. The van der Waals surface area contributed by atoms with Gasteiger partial charge < -0.3 is 20.6 Å². The van der Waals surface area contributed by atoms with Gasteiger partial charge in [-0.25, -0.2) is 14.0 Å². The first-order chi connectivity index (χ1) is 13.8. The molecule has 29 heavy (non-hydrogen) atoms. The Morgan fingerprint density at radius 2 is 1.66 bits per heavy atom. The molecule has 1 fully saturated rings. The fraction of sp³-hybridized carbons (Fsp3) is 0.286. The topological polar surface area (TPSA) is 98.7 Å². The number of amides is 3. The fourth-order valence-corrected chi connectivity index (χ4v) is 3.33. The Hall–Kier alpha value is -3.42. The van der Waals surface area contributed by atoms with E-state index in [2.05, 4.69) is 10.6 Å². The zero-order chi connectivity index (χ0) is 21.0. The number of carbonyl (C=O) groups excluding carboxylic acids is 2. The molecule has 0 unspecified atom stereocenters. The van der Waals surface area contributed by atoms with Crippen molar-refractivity contribution in [2.75, 3.05) is 18.4 Å². The third kappa shape index (κ3) is 5.31. The van der Waals surface area contributed by atoms with Crippen molar-refractivity contribution in [1.29, 1.82) is 0 Å². The van der Waals surface area contributed by atoms with Crippen LogP contribution in [0.2, 0.25) is 0 Å². The number of hydrogen-bond acceptors (Lipinski definition) is 3. The van der Waals surface area contributed by atoms with Crippen LogP contribution < -0.4 is 10.6 Å². The van der Waals surface area contributed by atoms with Gasteiger partial charge >= 0.3 is 12.0 Å². The fourth-order valence-electron chi connectivity index (χ4n) is 3.33. The van der Waals surface area contributed by atoms with Gasteiger partial charge in [-0.05, 0) is 67.8 Å². The average Bonchev–Trinajstić information content (AvgIpc) is 2.69. The number of nitrogens with zero attached hydrogens (tertiary/aromatic N) is 1. The summed E-state index contributed by atoms with van der Waals surface area (Å²) in [6.45, 7) is 2.66. The second kappa shape index (κ2) is 8.72. The number of aromatic carboxylic acids is 1. The Kier molecular flexibility index (Phi) is 6.11. The van der Waals surface area contributed by atoms with Crippen LogP contribution in [0.5, 0.6) is 0 Å². The minimum atomic E-state index is -1.07. The summed E-state index contributed by atoms with van der Waals surface area (Å²) in [5.74, 6) is -1.67. The van der Waals surface area contributed by atoms with Gasteiger partial charge in [-0.1, -0.05) is 0 Å². The predicted octanol–water partition coefficient (Wildman–Crippen LogP) is 3.26. The van der Waals surface area contributed by atoms with E-state index < -0.39 is 5.97 Å². The number of aryl methyl sites for hydroxylation is 1. The summed E-state index contributed by atoms with van der Waals surface area (Å²) >= 11 is 0. The van der Waals surface area contributed by atoms with Crippen LogP contribution in [0, 0.1) is 12.7 Å². The Bertz CT molecular complexity index is 922. The van der Waals surface area contributed by atoms with Crippen molar-refractivity contribution in [3.8, 4) is 0 Å². The number of urea groups is 1. The zero-order valence-corrected chi connectivity index (χ0v) is 15.9. The molecule has 8 heteroatoms. The number of carboxylic acid groups (broad SMARTS) is 1. The summed E-state index contributed by atoms with van der Waals surface area (Å²) in [6, 6.07) is 9.59.